The van der Waals surface area contributed by atoms with E-state index in [0.717, 1.165) is 11.1 Å². The molecule has 1 rings (SSSR count). The molecular weight excluding hydrogens is 155 g/mol. The van der Waals surface area contributed by atoms with E-state index in [1.807, 2.05) is 6.92 Å². The van der Waals surface area contributed by atoms with E-state index in [1.54, 1.807) is 25.5 Å². The lowest BCUT2D eigenvalue weighted by molar-refractivity contribution is 0.339. The van der Waals surface area contributed by atoms with Crippen molar-refractivity contribution in [1.82, 2.24) is 0 Å². The van der Waals surface area contributed by atoms with Crippen molar-refractivity contribution in [3.05, 3.63) is 41.9 Å². The monoisotopic (exact) mass is 166 g/mol. The zero-order valence-corrected chi connectivity index (χ0v) is 7.17. The van der Waals surface area contributed by atoms with Crippen molar-refractivity contribution >= 4 is 5.57 Å². The summed E-state index contributed by atoms with van der Waals surface area (Å²) in [5.41, 5.74) is 1.95. The lowest BCUT2D eigenvalue weighted by Crippen LogP contribution is -1.81. The van der Waals surface area contributed by atoms with Crippen LogP contribution in [0.15, 0.2) is 30.5 Å². The van der Waals surface area contributed by atoms with Crippen LogP contribution in [0.25, 0.3) is 5.57 Å². The molecule has 0 radical (unpaired) electrons. The Morgan fingerprint density at radius 3 is 2.42 bits per heavy atom. The summed E-state index contributed by atoms with van der Waals surface area (Å²) in [6.07, 6.45) is 1.63. The number of benzene rings is 1. The first-order chi connectivity index (χ1) is 5.74. The van der Waals surface area contributed by atoms with Crippen molar-refractivity contribution in [3.8, 4) is 0 Å². The second kappa shape index (κ2) is 3.90. The first kappa shape index (κ1) is 8.78. The van der Waals surface area contributed by atoms with Gasteiger partial charge in [-0.2, -0.15) is 0 Å². The highest BCUT2D eigenvalue weighted by Crippen LogP contribution is 2.13. The van der Waals surface area contributed by atoms with Crippen LogP contribution in [0.5, 0.6) is 0 Å². The molecule has 0 aliphatic heterocycles. The molecule has 0 spiro atoms. The lowest BCUT2D eigenvalue weighted by atomic mass is 10.1. The van der Waals surface area contributed by atoms with Gasteiger partial charge in [0, 0.05) is 0 Å². The summed E-state index contributed by atoms with van der Waals surface area (Å²) in [5.74, 6) is -0.219. The fourth-order valence-electron chi connectivity index (χ4n) is 0.958. The van der Waals surface area contributed by atoms with Gasteiger partial charge in [-0.1, -0.05) is 12.1 Å². The minimum atomic E-state index is -0.219. The van der Waals surface area contributed by atoms with Gasteiger partial charge < -0.3 is 4.74 Å². The Hall–Kier alpha value is -1.31. The quantitative estimate of drug-likeness (QED) is 0.614. The minimum absolute atomic E-state index is 0.219. The molecule has 1 nitrogen and oxygen atoms in total. The van der Waals surface area contributed by atoms with Gasteiger partial charge in [-0.25, -0.2) is 4.39 Å². The van der Waals surface area contributed by atoms with Gasteiger partial charge in [0.2, 0.25) is 0 Å². The second-order valence-electron chi connectivity index (χ2n) is 2.54. The van der Waals surface area contributed by atoms with Gasteiger partial charge >= 0.3 is 0 Å². The Morgan fingerprint density at radius 1 is 1.33 bits per heavy atom. The molecule has 0 amide bonds. The van der Waals surface area contributed by atoms with E-state index in [0.29, 0.717) is 0 Å². The third-order valence-electron chi connectivity index (χ3n) is 1.59. The predicted octanol–water partition coefficient (Wildman–Crippen LogP) is 2.83. The third kappa shape index (κ3) is 2.09. The number of rotatable bonds is 2. The number of methoxy groups -OCH3 is 1. The number of halogens is 1. The van der Waals surface area contributed by atoms with E-state index in [9.17, 15) is 4.39 Å². The first-order valence-electron chi connectivity index (χ1n) is 3.69. The van der Waals surface area contributed by atoms with E-state index in [4.69, 9.17) is 4.74 Å². The maximum absolute atomic E-state index is 12.5. The average molecular weight is 166 g/mol. The van der Waals surface area contributed by atoms with Crippen LogP contribution >= 0.6 is 0 Å². The van der Waals surface area contributed by atoms with Gasteiger partial charge in [0.05, 0.1) is 13.4 Å². The average Bonchev–Trinajstić information content (AvgIpc) is 2.06. The SMILES string of the molecule is CO/C=C(\C)c1ccc(F)cc1. The standard InChI is InChI=1S/C10H11FO/c1-8(7-12-2)9-3-5-10(11)6-4-9/h3-7H,1-2H3/b8-7+. The molecule has 2 heteroatoms. The highest BCUT2D eigenvalue weighted by molar-refractivity contribution is 5.62. The molecule has 0 aliphatic rings. The molecule has 0 bridgehead atoms. The molecule has 0 N–H and O–H groups in total. The minimum Gasteiger partial charge on any atom is -0.504 e. The molecule has 12 heavy (non-hydrogen) atoms. The molecule has 0 saturated heterocycles. The van der Waals surface area contributed by atoms with Crippen LogP contribution < -0.4 is 0 Å². The summed E-state index contributed by atoms with van der Waals surface area (Å²) in [6, 6.07) is 6.31. The van der Waals surface area contributed by atoms with Crippen molar-refractivity contribution < 1.29 is 9.13 Å². The molecule has 0 fully saturated rings. The highest BCUT2D eigenvalue weighted by atomic mass is 19.1. The maximum Gasteiger partial charge on any atom is 0.123 e. The Balaban J connectivity index is 2.89. The van der Waals surface area contributed by atoms with Crippen LogP contribution in [0.1, 0.15) is 12.5 Å². The van der Waals surface area contributed by atoms with Gasteiger partial charge in [-0.3, -0.25) is 0 Å². The highest BCUT2D eigenvalue weighted by Gasteiger charge is 1.95. The fourth-order valence-corrected chi connectivity index (χ4v) is 0.958. The van der Waals surface area contributed by atoms with Crippen molar-refractivity contribution in [2.75, 3.05) is 7.11 Å². The molecule has 0 atom stereocenters. The fraction of sp³-hybridized carbons (Fsp3) is 0.200. The Morgan fingerprint density at radius 2 is 1.92 bits per heavy atom. The Labute approximate surface area is 71.5 Å². The number of ether oxygens (including phenoxy) is 1. The molecule has 0 heterocycles. The summed E-state index contributed by atoms with van der Waals surface area (Å²) in [4.78, 5) is 0. The molecule has 1 aromatic rings. The molecule has 64 valence electrons. The van der Waals surface area contributed by atoms with Crippen molar-refractivity contribution in [2.24, 2.45) is 0 Å². The predicted molar refractivity (Wildman–Crippen MR) is 47.1 cm³/mol. The van der Waals surface area contributed by atoms with E-state index < -0.39 is 0 Å². The second-order valence-corrected chi connectivity index (χ2v) is 2.54. The van der Waals surface area contributed by atoms with Crippen LogP contribution in [-0.2, 0) is 4.74 Å². The maximum atomic E-state index is 12.5. The molecule has 0 aliphatic carbocycles. The molecular formula is C10H11FO. The van der Waals surface area contributed by atoms with Gasteiger partial charge in [0.1, 0.15) is 5.82 Å². The molecule has 0 saturated carbocycles. The largest absolute Gasteiger partial charge is 0.504 e. The van der Waals surface area contributed by atoms with Crippen molar-refractivity contribution in [2.45, 2.75) is 6.92 Å². The van der Waals surface area contributed by atoms with Gasteiger partial charge in [-0.15, -0.1) is 0 Å². The number of hydrogen-bond acceptors (Lipinski definition) is 1. The Bertz CT molecular complexity index is 274. The van der Waals surface area contributed by atoms with Crippen LogP contribution in [0.3, 0.4) is 0 Å². The van der Waals surface area contributed by atoms with Gasteiger partial charge in [0.25, 0.3) is 0 Å². The first-order valence-corrected chi connectivity index (χ1v) is 3.69. The van der Waals surface area contributed by atoms with Crippen LogP contribution in [-0.4, -0.2) is 7.11 Å². The van der Waals surface area contributed by atoms with Crippen LogP contribution in [0.4, 0.5) is 4.39 Å². The van der Waals surface area contributed by atoms with Gasteiger partial charge in [0.15, 0.2) is 0 Å². The van der Waals surface area contributed by atoms with Crippen LogP contribution in [0.2, 0.25) is 0 Å². The summed E-state index contributed by atoms with van der Waals surface area (Å²) >= 11 is 0. The zero-order chi connectivity index (χ0) is 8.97. The molecule has 0 unspecified atom stereocenters. The molecule has 0 aromatic heterocycles. The number of allylic oxidation sites excluding steroid dienone is 1. The third-order valence-corrected chi connectivity index (χ3v) is 1.59. The number of hydrogen-bond donors (Lipinski definition) is 0. The van der Waals surface area contributed by atoms with Crippen LogP contribution in [0, 0.1) is 5.82 Å². The van der Waals surface area contributed by atoms with Crippen molar-refractivity contribution in [3.63, 3.8) is 0 Å². The summed E-state index contributed by atoms with van der Waals surface area (Å²) in [6.45, 7) is 1.91. The van der Waals surface area contributed by atoms with Crippen molar-refractivity contribution in [1.29, 1.82) is 0 Å². The lowest BCUT2D eigenvalue weighted by Gasteiger charge is -1.99. The van der Waals surface area contributed by atoms with E-state index in [-0.39, 0.29) is 5.82 Å². The summed E-state index contributed by atoms with van der Waals surface area (Å²) in [7, 11) is 1.59. The topological polar surface area (TPSA) is 9.23 Å². The zero-order valence-electron chi connectivity index (χ0n) is 7.17. The summed E-state index contributed by atoms with van der Waals surface area (Å²) in [5, 5.41) is 0. The van der Waals surface area contributed by atoms with Gasteiger partial charge in [-0.05, 0) is 30.2 Å². The normalized spacial score (nSPS) is 11.4. The van der Waals surface area contributed by atoms with E-state index >= 15 is 0 Å². The molecule has 1 aromatic carbocycles. The smallest absolute Gasteiger partial charge is 0.123 e. The van der Waals surface area contributed by atoms with E-state index in [2.05, 4.69) is 0 Å². The Kier molecular flexibility index (Phi) is 2.86. The summed E-state index contributed by atoms with van der Waals surface area (Å²) < 4.78 is 17.3. The van der Waals surface area contributed by atoms with E-state index in [1.165, 1.54) is 12.1 Å².